The second kappa shape index (κ2) is 7.23. The molecule has 0 aromatic carbocycles. The summed E-state index contributed by atoms with van der Waals surface area (Å²) in [5.41, 5.74) is 0. The van der Waals surface area contributed by atoms with E-state index in [2.05, 4.69) is 5.32 Å². The summed E-state index contributed by atoms with van der Waals surface area (Å²) >= 11 is 1.21. The van der Waals surface area contributed by atoms with Crippen LogP contribution in [0.1, 0.15) is 44.2 Å². The molecular formula is C13H19NO4S. The van der Waals surface area contributed by atoms with Gasteiger partial charge in [-0.05, 0) is 31.9 Å². The zero-order valence-electron chi connectivity index (χ0n) is 11.3. The number of amides is 1. The van der Waals surface area contributed by atoms with Crippen molar-refractivity contribution in [2.75, 3.05) is 0 Å². The van der Waals surface area contributed by atoms with Crippen molar-refractivity contribution >= 4 is 23.6 Å². The molecule has 106 valence electrons. The van der Waals surface area contributed by atoms with E-state index in [-0.39, 0.29) is 23.0 Å². The lowest BCUT2D eigenvalue weighted by Crippen LogP contribution is -2.38. The number of carbonyl (C=O) groups is 2. The number of thioether (sulfide) groups is 1. The van der Waals surface area contributed by atoms with Crippen LogP contribution in [0, 0.1) is 0 Å². The Kier molecular flexibility index (Phi) is 5.95. The van der Waals surface area contributed by atoms with Crippen LogP contribution in [0.4, 0.5) is 0 Å². The van der Waals surface area contributed by atoms with Crippen LogP contribution in [0.15, 0.2) is 21.6 Å². The molecule has 5 nitrogen and oxygen atoms in total. The predicted octanol–water partition coefficient (Wildman–Crippen LogP) is 2.76. The standard InChI is InChI=1S/C13H19NO4S/c1-4-9(5-2)14-12(15)8(3)19-11-7-6-10(18-11)13(16)17/h6-9H,4-5H2,1-3H3,(H,14,15)(H,16,17). The summed E-state index contributed by atoms with van der Waals surface area (Å²) in [6.07, 6.45) is 1.78. The van der Waals surface area contributed by atoms with Gasteiger partial charge in [-0.3, -0.25) is 4.79 Å². The Morgan fingerprint density at radius 3 is 2.47 bits per heavy atom. The fourth-order valence-electron chi connectivity index (χ4n) is 1.54. The number of aromatic carboxylic acids is 1. The molecule has 0 aliphatic carbocycles. The van der Waals surface area contributed by atoms with Crippen molar-refractivity contribution in [3.63, 3.8) is 0 Å². The van der Waals surface area contributed by atoms with Gasteiger partial charge >= 0.3 is 5.97 Å². The Morgan fingerprint density at radius 1 is 1.37 bits per heavy atom. The van der Waals surface area contributed by atoms with Crippen LogP contribution in [-0.2, 0) is 4.79 Å². The van der Waals surface area contributed by atoms with Crippen LogP contribution in [0.25, 0.3) is 0 Å². The number of carboxylic acid groups (broad SMARTS) is 1. The number of furan rings is 1. The maximum Gasteiger partial charge on any atom is 0.371 e. The van der Waals surface area contributed by atoms with E-state index in [0.717, 1.165) is 12.8 Å². The van der Waals surface area contributed by atoms with Gasteiger partial charge in [0.05, 0.1) is 5.25 Å². The third kappa shape index (κ3) is 4.63. The van der Waals surface area contributed by atoms with Crippen LogP contribution in [-0.4, -0.2) is 28.3 Å². The van der Waals surface area contributed by atoms with Crippen molar-refractivity contribution in [3.05, 3.63) is 17.9 Å². The molecule has 1 atom stereocenters. The topological polar surface area (TPSA) is 79.5 Å². The highest BCUT2D eigenvalue weighted by atomic mass is 32.2. The Labute approximate surface area is 116 Å². The minimum Gasteiger partial charge on any atom is -0.475 e. The van der Waals surface area contributed by atoms with E-state index in [1.807, 2.05) is 13.8 Å². The summed E-state index contributed by atoms with van der Waals surface area (Å²) in [5, 5.41) is 11.8. The van der Waals surface area contributed by atoms with E-state index in [1.54, 1.807) is 13.0 Å². The highest BCUT2D eigenvalue weighted by Gasteiger charge is 2.19. The molecule has 0 bridgehead atoms. The van der Waals surface area contributed by atoms with Crippen molar-refractivity contribution in [1.29, 1.82) is 0 Å². The van der Waals surface area contributed by atoms with Crippen LogP contribution >= 0.6 is 11.8 Å². The molecule has 0 aliphatic heterocycles. The smallest absolute Gasteiger partial charge is 0.371 e. The Bertz CT molecular complexity index is 440. The van der Waals surface area contributed by atoms with E-state index in [0.29, 0.717) is 5.09 Å². The van der Waals surface area contributed by atoms with Gasteiger partial charge in [-0.2, -0.15) is 0 Å². The normalized spacial score (nSPS) is 12.4. The van der Waals surface area contributed by atoms with E-state index >= 15 is 0 Å². The van der Waals surface area contributed by atoms with Crippen LogP contribution < -0.4 is 5.32 Å². The summed E-state index contributed by atoms with van der Waals surface area (Å²) in [5.74, 6) is -1.29. The summed E-state index contributed by atoms with van der Waals surface area (Å²) < 4.78 is 5.11. The number of carboxylic acids is 1. The van der Waals surface area contributed by atoms with Crippen LogP contribution in [0.3, 0.4) is 0 Å². The van der Waals surface area contributed by atoms with Crippen molar-refractivity contribution in [1.82, 2.24) is 5.32 Å². The van der Waals surface area contributed by atoms with E-state index < -0.39 is 5.97 Å². The molecule has 1 heterocycles. The molecule has 0 radical (unpaired) electrons. The van der Waals surface area contributed by atoms with Crippen molar-refractivity contribution in [3.8, 4) is 0 Å². The van der Waals surface area contributed by atoms with Crippen LogP contribution in [0.2, 0.25) is 0 Å². The average Bonchev–Trinajstić information content (AvgIpc) is 2.84. The number of rotatable bonds is 7. The summed E-state index contributed by atoms with van der Waals surface area (Å²) in [4.78, 5) is 22.6. The number of hydrogen-bond donors (Lipinski definition) is 2. The number of carbonyl (C=O) groups excluding carboxylic acids is 1. The van der Waals surface area contributed by atoms with E-state index in [4.69, 9.17) is 9.52 Å². The van der Waals surface area contributed by atoms with Gasteiger partial charge in [0, 0.05) is 6.04 Å². The molecular weight excluding hydrogens is 266 g/mol. The van der Waals surface area contributed by atoms with Gasteiger partial charge < -0.3 is 14.8 Å². The van der Waals surface area contributed by atoms with Gasteiger partial charge in [0.15, 0.2) is 5.09 Å². The van der Waals surface area contributed by atoms with Crippen molar-refractivity contribution < 1.29 is 19.1 Å². The molecule has 0 spiro atoms. The van der Waals surface area contributed by atoms with Gasteiger partial charge in [0.2, 0.25) is 11.7 Å². The minimum absolute atomic E-state index is 0.0630. The summed E-state index contributed by atoms with van der Waals surface area (Å²) in [7, 11) is 0. The Hall–Kier alpha value is -1.43. The lowest BCUT2D eigenvalue weighted by atomic mass is 10.2. The Morgan fingerprint density at radius 2 is 2.00 bits per heavy atom. The number of hydrogen-bond acceptors (Lipinski definition) is 4. The second-order valence-corrected chi connectivity index (χ2v) is 5.55. The third-order valence-electron chi connectivity index (χ3n) is 2.79. The second-order valence-electron chi connectivity index (χ2n) is 4.21. The zero-order chi connectivity index (χ0) is 14.4. The van der Waals surface area contributed by atoms with Gasteiger partial charge in [-0.15, -0.1) is 0 Å². The molecule has 0 aliphatic rings. The quantitative estimate of drug-likeness (QED) is 0.753. The fourth-order valence-corrected chi connectivity index (χ4v) is 2.35. The van der Waals surface area contributed by atoms with Crippen LogP contribution in [0.5, 0.6) is 0 Å². The van der Waals surface area contributed by atoms with Gasteiger partial charge in [-0.25, -0.2) is 4.79 Å². The highest BCUT2D eigenvalue weighted by molar-refractivity contribution is 8.00. The molecule has 1 amide bonds. The van der Waals surface area contributed by atoms with Gasteiger partial charge in [-0.1, -0.05) is 25.6 Å². The lowest BCUT2D eigenvalue weighted by Gasteiger charge is -2.17. The first kappa shape index (κ1) is 15.6. The number of nitrogens with one attached hydrogen (secondary N) is 1. The van der Waals surface area contributed by atoms with E-state index in [9.17, 15) is 9.59 Å². The molecule has 1 unspecified atom stereocenters. The minimum atomic E-state index is -1.11. The molecule has 0 saturated carbocycles. The molecule has 0 fully saturated rings. The van der Waals surface area contributed by atoms with Crippen molar-refractivity contribution in [2.24, 2.45) is 0 Å². The molecule has 1 rings (SSSR count). The SMILES string of the molecule is CCC(CC)NC(=O)C(C)Sc1ccc(C(=O)O)o1. The molecule has 0 saturated heterocycles. The lowest BCUT2D eigenvalue weighted by molar-refractivity contribution is -0.121. The summed E-state index contributed by atoms with van der Waals surface area (Å²) in [6, 6.07) is 3.13. The maximum atomic E-state index is 11.9. The maximum absolute atomic E-state index is 11.9. The molecule has 1 aromatic rings. The molecule has 1 aromatic heterocycles. The fraction of sp³-hybridized carbons (Fsp3) is 0.538. The molecule has 6 heteroatoms. The largest absolute Gasteiger partial charge is 0.475 e. The first-order valence-electron chi connectivity index (χ1n) is 6.28. The average molecular weight is 285 g/mol. The molecule has 19 heavy (non-hydrogen) atoms. The third-order valence-corrected chi connectivity index (χ3v) is 3.81. The Balaban J connectivity index is 2.55. The summed E-state index contributed by atoms with van der Waals surface area (Å²) in [6.45, 7) is 5.82. The van der Waals surface area contributed by atoms with Gasteiger partial charge in [0.1, 0.15) is 0 Å². The predicted molar refractivity (Wildman–Crippen MR) is 73.5 cm³/mol. The van der Waals surface area contributed by atoms with E-state index in [1.165, 1.54) is 17.8 Å². The monoisotopic (exact) mass is 285 g/mol. The first-order valence-corrected chi connectivity index (χ1v) is 7.16. The van der Waals surface area contributed by atoms with Crippen molar-refractivity contribution in [2.45, 2.75) is 50.0 Å². The van der Waals surface area contributed by atoms with Gasteiger partial charge in [0.25, 0.3) is 0 Å². The highest BCUT2D eigenvalue weighted by Crippen LogP contribution is 2.25. The zero-order valence-corrected chi connectivity index (χ0v) is 12.1. The first-order chi connectivity index (χ1) is 8.97. The molecule has 2 N–H and O–H groups in total.